The summed E-state index contributed by atoms with van der Waals surface area (Å²) in [6.45, 7) is 6.28. The lowest BCUT2D eigenvalue weighted by Gasteiger charge is -2.22. The number of aromatic nitrogens is 2. The number of carbonyl (C=O) groups excluding carboxylic acids is 1. The minimum absolute atomic E-state index is 0.329. The summed E-state index contributed by atoms with van der Waals surface area (Å²) in [6, 6.07) is 14.9. The van der Waals surface area contributed by atoms with E-state index in [9.17, 15) is 4.79 Å². The molecule has 0 spiro atoms. The first kappa shape index (κ1) is 21.4. The molecular weight excluding hydrogens is 456 g/mol. The van der Waals surface area contributed by atoms with Gasteiger partial charge in [0.05, 0.1) is 11.7 Å². The summed E-state index contributed by atoms with van der Waals surface area (Å²) >= 11 is 9.61. The van der Waals surface area contributed by atoms with Crippen molar-refractivity contribution in [2.45, 2.75) is 32.9 Å². The quantitative estimate of drug-likeness (QED) is 0.474. The molecule has 0 radical (unpaired) electrons. The predicted molar refractivity (Wildman–Crippen MR) is 117 cm³/mol. The smallest absolute Gasteiger partial charge is 0.287 e. The van der Waals surface area contributed by atoms with E-state index in [4.69, 9.17) is 16.3 Å². The van der Waals surface area contributed by atoms with Crippen LogP contribution in [0.25, 0.3) is 0 Å². The fourth-order valence-corrected chi connectivity index (χ4v) is 3.42. The lowest BCUT2D eigenvalue weighted by molar-refractivity contribution is 0.0911. The van der Waals surface area contributed by atoms with Gasteiger partial charge in [-0.3, -0.25) is 14.9 Å². The molecule has 0 aliphatic carbocycles. The monoisotopic (exact) mass is 476 g/mol. The normalized spacial score (nSPS) is 11.3. The number of rotatable bonds is 6. The zero-order chi connectivity index (χ0) is 21.0. The number of carbonyl (C=O) groups is 1. The second kappa shape index (κ2) is 8.98. The van der Waals surface area contributed by atoms with Gasteiger partial charge in [0.2, 0.25) is 0 Å². The number of amides is 1. The Morgan fingerprint density at radius 1 is 1.21 bits per heavy atom. The van der Waals surface area contributed by atoms with Gasteiger partial charge < -0.3 is 4.74 Å². The molecular formula is C21H22BrClN4O2. The SMILES string of the molecule is CC(C)(C)n1ncc(Oc2ccccc2)c1C(=O)NNCc1ccc(Br)cc1Cl. The maximum Gasteiger partial charge on any atom is 0.287 e. The Labute approximate surface area is 183 Å². The Hall–Kier alpha value is -2.35. The third-order valence-corrected chi connectivity index (χ3v) is 4.90. The van der Waals surface area contributed by atoms with Crippen LogP contribution in [-0.2, 0) is 12.1 Å². The van der Waals surface area contributed by atoms with E-state index in [0.717, 1.165) is 10.0 Å². The number of para-hydroxylation sites is 1. The second-order valence-corrected chi connectivity index (χ2v) is 8.72. The number of nitrogens with zero attached hydrogens (tertiary/aromatic N) is 2. The molecule has 0 saturated carbocycles. The van der Waals surface area contributed by atoms with Crippen LogP contribution in [0.4, 0.5) is 0 Å². The zero-order valence-electron chi connectivity index (χ0n) is 16.4. The van der Waals surface area contributed by atoms with Crippen molar-refractivity contribution in [1.82, 2.24) is 20.6 Å². The van der Waals surface area contributed by atoms with Crippen molar-refractivity contribution < 1.29 is 9.53 Å². The van der Waals surface area contributed by atoms with Gasteiger partial charge in [-0.1, -0.05) is 51.8 Å². The van der Waals surface area contributed by atoms with Crippen LogP contribution in [0.3, 0.4) is 0 Å². The van der Waals surface area contributed by atoms with Crippen molar-refractivity contribution in [2.24, 2.45) is 0 Å². The maximum absolute atomic E-state index is 13.0. The van der Waals surface area contributed by atoms with E-state index in [1.54, 1.807) is 16.9 Å². The number of benzene rings is 2. The molecule has 0 bridgehead atoms. The van der Waals surface area contributed by atoms with E-state index >= 15 is 0 Å². The van der Waals surface area contributed by atoms with Crippen LogP contribution in [0.15, 0.2) is 59.2 Å². The maximum atomic E-state index is 13.0. The van der Waals surface area contributed by atoms with Gasteiger partial charge in [0.25, 0.3) is 5.91 Å². The van der Waals surface area contributed by atoms with E-state index < -0.39 is 5.54 Å². The number of ether oxygens (including phenoxy) is 1. The summed E-state index contributed by atoms with van der Waals surface area (Å²) in [5.41, 5.74) is 6.43. The summed E-state index contributed by atoms with van der Waals surface area (Å²) < 4.78 is 8.45. The third kappa shape index (κ3) is 5.38. The van der Waals surface area contributed by atoms with Crippen LogP contribution >= 0.6 is 27.5 Å². The number of nitrogens with one attached hydrogen (secondary N) is 2. The molecule has 3 rings (SSSR count). The first-order chi connectivity index (χ1) is 13.8. The van der Waals surface area contributed by atoms with E-state index in [1.807, 2.05) is 63.2 Å². The van der Waals surface area contributed by atoms with Crippen molar-refractivity contribution >= 4 is 33.4 Å². The van der Waals surface area contributed by atoms with Crippen LogP contribution < -0.4 is 15.6 Å². The van der Waals surface area contributed by atoms with Crippen LogP contribution in [0, 0.1) is 0 Å². The first-order valence-corrected chi connectivity index (χ1v) is 10.2. The molecule has 6 nitrogen and oxygen atoms in total. The Balaban J connectivity index is 1.78. The molecule has 0 aliphatic rings. The highest BCUT2D eigenvalue weighted by Gasteiger charge is 2.27. The summed E-state index contributed by atoms with van der Waals surface area (Å²) in [7, 11) is 0. The first-order valence-electron chi connectivity index (χ1n) is 9.04. The molecule has 0 aliphatic heterocycles. The molecule has 0 unspecified atom stereocenters. The number of hydrazine groups is 1. The molecule has 1 heterocycles. The van der Waals surface area contributed by atoms with Crippen molar-refractivity contribution in [1.29, 1.82) is 0 Å². The van der Waals surface area contributed by atoms with Gasteiger partial charge in [-0.05, 0) is 50.6 Å². The Morgan fingerprint density at radius 2 is 1.93 bits per heavy atom. The summed E-state index contributed by atoms with van der Waals surface area (Å²) in [5.74, 6) is 0.660. The zero-order valence-corrected chi connectivity index (χ0v) is 18.7. The van der Waals surface area contributed by atoms with Gasteiger partial charge in [0.15, 0.2) is 11.4 Å². The van der Waals surface area contributed by atoms with Gasteiger partial charge in [0, 0.05) is 16.0 Å². The minimum atomic E-state index is -0.403. The summed E-state index contributed by atoms with van der Waals surface area (Å²) in [6.07, 6.45) is 1.55. The van der Waals surface area contributed by atoms with E-state index in [1.165, 1.54) is 0 Å². The average molecular weight is 478 g/mol. The van der Waals surface area contributed by atoms with Crippen LogP contribution in [0.2, 0.25) is 5.02 Å². The van der Waals surface area contributed by atoms with Crippen molar-refractivity contribution in [3.63, 3.8) is 0 Å². The van der Waals surface area contributed by atoms with Crippen molar-refractivity contribution in [3.05, 3.63) is 75.5 Å². The molecule has 8 heteroatoms. The fourth-order valence-electron chi connectivity index (χ4n) is 2.68. The van der Waals surface area contributed by atoms with Crippen molar-refractivity contribution in [3.8, 4) is 11.5 Å². The summed E-state index contributed by atoms with van der Waals surface area (Å²) in [5, 5.41) is 4.98. The average Bonchev–Trinajstić information content (AvgIpc) is 3.08. The molecule has 152 valence electrons. The highest BCUT2D eigenvalue weighted by molar-refractivity contribution is 9.10. The molecule has 29 heavy (non-hydrogen) atoms. The van der Waals surface area contributed by atoms with Gasteiger partial charge in [0.1, 0.15) is 5.75 Å². The lowest BCUT2D eigenvalue weighted by Crippen LogP contribution is -2.40. The third-order valence-electron chi connectivity index (χ3n) is 4.05. The largest absolute Gasteiger partial charge is 0.453 e. The van der Waals surface area contributed by atoms with E-state index in [0.29, 0.717) is 28.8 Å². The fraction of sp³-hybridized carbons (Fsp3) is 0.238. The molecule has 2 N–H and O–H groups in total. The number of hydrogen-bond acceptors (Lipinski definition) is 4. The number of halogens is 2. The standard InChI is InChI=1S/C21H22BrClN4O2/c1-21(2,3)27-19(18(13-25-27)29-16-7-5-4-6-8-16)20(28)26-24-12-14-9-10-15(22)11-17(14)23/h4-11,13,24H,12H2,1-3H3,(H,26,28). The highest BCUT2D eigenvalue weighted by atomic mass is 79.9. The molecule has 2 aromatic carbocycles. The Kier molecular flexibility index (Phi) is 6.62. The minimum Gasteiger partial charge on any atom is -0.453 e. The molecule has 1 amide bonds. The lowest BCUT2D eigenvalue weighted by atomic mass is 10.1. The van der Waals surface area contributed by atoms with Gasteiger partial charge in [-0.2, -0.15) is 5.10 Å². The van der Waals surface area contributed by atoms with Gasteiger partial charge in [-0.25, -0.2) is 5.43 Å². The van der Waals surface area contributed by atoms with Crippen molar-refractivity contribution in [2.75, 3.05) is 0 Å². The molecule has 3 aromatic rings. The molecule has 0 fully saturated rings. The Bertz CT molecular complexity index is 1000. The Morgan fingerprint density at radius 3 is 2.59 bits per heavy atom. The predicted octanol–water partition coefficient (Wildman–Crippen LogP) is 5.28. The van der Waals surface area contributed by atoms with E-state index in [-0.39, 0.29) is 5.91 Å². The van der Waals surface area contributed by atoms with Gasteiger partial charge >= 0.3 is 0 Å². The molecule has 0 atom stereocenters. The molecule has 0 saturated heterocycles. The van der Waals surface area contributed by atoms with E-state index in [2.05, 4.69) is 31.9 Å². The van der Waals surface area contributed by atoms with Crippen LogP contribution in [-0.4, -0.2) is 15.7 Å². The molecule has 1 aromatic heterocycles. The number of hydrogen-bond donors (Lipinski definition) is 2. The summed E-state index contributed by atoms with van der Waals surface area (Å²) in [4.78, 5) is 13.0. The second-order valence-electron chi connectivity index (χ2n) is 7.40. The highest BCUT2D eigenvalue weighted by Crippen LogP contribution is 2.28. The topological polar surface area (TPSA) is 68.2 Å². The van der Waals surface area contributed by atoms with Crippen LogP contribution in [0.5, 0.6) is 11.5 Å². The van der Waals surface area contributed by atoms with Gasteiger partial charge in [-0.15, -0.1) is 0 Å². The van der Waals surface area contributed by atoms with Crippen LogP contribution in [0.1, 0.15) is 36.8 Å².